The SMILES string of the molecule is CC[N+](C)(CC)CCSC1=Nc2ccccc2N=C(c2cccc(Sc3ccccc3)c2)C1.[I-]. The first-order valence-corrected chi connectivity index (χ1v) is 13.4. The number of hydrogen-bond donors (Lipinski definition) is 0. The molecule has 0 aromatic heterocycles. The molecule has 0 saturated heterocycles. The van der Waals surface area contributed by atoms with Crippen molar-refractivity contribution >= 4 is 45.7 Å². The second-order valence-corrected chi connectivity index (χ2v) is 10.8. The quantitative estimate of drug-likeness (QED) is 0.278. The second-order valence-electron chi connectivity index (χ2n) is 8.50. The van der Waals surface area contributed by atoms with E-state index < -0.39 is 0 Å². The first-order chi connectivity index (χ1) is 16.1. The maximum Gasteiger partial charge on any atom is 0.0896 e. The Morgan fingerprint density at radius 1 is 0.794 bits per heavy atom. The Hall–Kier alpha value is -1.61. The number of benzene rings is 3. The van der Waals surface area contributed by atoms with Gasteiger partial charge in [-0.25, -0.2) is 4.99 Å². The molecule has 3 aromatic carbocycles. The van der Waals surface area contributed by atoms with Crippen LogP contribution in [0.15, 0.2) is 98.6 Å². The largest absolute Gasteiger partial charge is 1.00 e. The predicted molar refractivity (Wildman–Crippen MR) is 146 cm³/mol. The summed E-state index contributed by atoms with van der Waals surface area (Å²) in [5.74, 6) is 1.07. The Morgan fingerprint density at radius 3 is 2.15 bits per heavy atom. The fourth-order valence-corrected chi connectivity index (χ4v) is 5.76. The topological polar surface area (TPSA) is 24.7 Å². The number of rotatable bonds is 8. The minimum atomic E-state index is 0. The van der Waals surface area contributed by atoms with Crippen LogP contribution in [0.5, 0.6) is 0 Å². The highest BCUT2D eigenvalue weighted by molar-refractivity contribution is 8.14. The van der Waals surface area contributed by atoms with Crippen LogP contribution in [0.3, 0.4) is 0 Å². The molecule has 0 saturated carbocycles. The van der Waals surface area contributed by atoms with Crippen LogP contribution in [0.1, 0.15) is 25.8 Å². The molecule has 1 aliphatic heterocycles. The molecule has 178 valence electrons. The normalized spacial score (nSPS) is 13.3. The van der Waals surface area contributed by atoms with Crippen LogP contribution >= 0.6 is 23.5 Å². The summed E-state index contributed by atoms with van der Waals surface area (Å²) in [4.78, 5) is 12.6. The van der Waals surface area contributed by atoms with E-state index >= 15 is 0 Å². The lowest BCUT2D eigenvalue weighted by molar-refractivity contribution is -0.903. The van der Waals surface area contributed by atoms with Crippen LogP contribution in [-0.4, -0.2) is 47.7 Å². The highest BCUT2D eigenvalue weighted by Crippen LogP contribution is 2.34. The number of fused-ring (bicyclic) bond motifs is 1. The molecule has 1 aliphatic rings. The van der Waals surface area contributed by atoms with Crippen molar-refractivity contribution in [3.8, 4) is 0 Å². The van der Waals surface area contributed by atoms with Crippen LogP contribution in [0, 0.1) is 0 Å². The third-order valence-electron chi connectivity index (χ3n) is 6.27. The van der Waals surface area contributed by atoms with Gasteiger partial charge in [0.05, 0.1) is 48.8 Å². The van der Waals surface area contributed by atoms with Gasteiger partial charge in [0, 0.05) is 22.0 Å². The molecule has 0 radical (unpaired) electrons. The van der Waals surface area contributed by atoms with E-state index in [1.807, 2.05) is 23.9 Å². The minimum absolute atomic E-state index is 0. The van der Waals surface area contributed by atoms with Gasteiger partial charge in [-0.1, -0.05) is 54.2 Å². The van der Waals surface area contributed by atoms with Crippen molar-refractivity contribution in [3.05, 3.63) is 84.4 Å². The molecule has 0 fully saturated rings. The van der Waals surface area contributed by atoms with Gasteiger partial charge in [-0.15, -0.1) is 11.8 Å². The Morgan fingerprint density at radius 2 is 1.44 bits per heavy atom. The van der Waals surface area contributed by atoms with Crippen molar-refractivity contribution in [2.75, 3.05) is 32.4 Å². The van der Waals surface area contributed by atoms with E-state index in [1.54, 1.807) is 11.8 Å². The lowest BCUT2D eigenvalue weighted by atomic mass is 10.1. The van der Waals surface area contributed by atoms with Crippen molar-refractivity contribution in [1.29, 1.82) is 0 Å². The molecule has 0 bridgehead atoms. The molecule has 1 heterocycles. The molecule has 0 atom stereocenters. The molecule has 0 amide bonds. The van der Waals surface area contributed by atoms with Crippen LogP contribution in [0.4, 0.5) is 11.4 Å². The van der Waals surface area contributed by atoms with E-state index in [9.17, 15) is 0 Å². The number of quaternary nitrogens is 1. The van der Waals surface area contributed by atoms with Gasteiger partial charge in [-0.3, -0.25) is 4.99 Å². The maximum atomic E-state index is 5.07. The monoisotopic (exact) mass is 601 g/mol. The van der Waals surface area contributed by atoms with E-state index in [0.717, 1.165) is 58.4 Å². The summed E-state index contributed by atoms with van der Waals surface area (Å²) in [7, 11) is 2.34. The molecule has 4 rings (SSSR count). The molecule has 34 heavy (non-hydrogen) atoms. The van der Waals surface area contributed by atoms with Gasteiger partial charge >= 0.3 is 0 Å². The molecular formula is C28H32IN3S2. The zero-order chi connectivity index (χ0) is 23.1. The Bertz CT molecular complexity index is 1140. The average Bonchev–Trinajstić information content (AvgIpc) is 3.04. The smallest absolute Gasteiger partial charge is 0.0896 e. The molecule has 6 heteroatoms. The van der Waals surface area contributed by atoms with Crippen LogP contribution in [-0.2, 0) is 0 Å². The van der Waals surface area contributed by atoms with Crippen LogP contribution in [0.2, 0.25) is 0 Å². The number of hydrogen-bond acceptors (Lipinski definition) is 4. The zero-order valence-electron chi connectivity index (χ0n) is 20.1. The highest BCUT2D eigenvalue weighted by atomic mass is 127. The van der Waals surface area contributed by atoms with Gasteiger partial charge in [-0.2, -0.15) is 0 Å². The summed E-state index contributed by atoms with van der Waals surface area (Å²) in [6.45, 7) is 8.02. The summed E-state index contributed by atoms with van der Waals surface area (Å²) in [5.41, 5.74) is 4.17. The van der Waals surface area contributed by atoms with Crippen LogP contribution in [0.25, 0.3) is 0 Å². The lowest BCUT2D eigenvalue weighted by Crippen LogP contribution is -3.00. The molecule has 3 aromatic rings. The Balaban J connectivity index is 0.00000324. The summed E-state index contributed by atoms with van der Waals surface area (Å²) >= 11 is 3.67. The summed E-state index contributed by atoms with van der Waals surface area (Å²) in [6.07, 6.45) is 0.765. The molecule has 0 aliphatic carbocycles. The highest BCUT2D eigenvalue weighted by Gasteiger charge is 2.19. The third kappa shape index (κ3) is 7.20. The summed E-state index contributed by atoms with van der Waals surface area (Å²) in [6, 6.07) is 27.5. The third-order valence-corrected chi connectivity index (χ3v) is 8.23. The fraction of sp³-hybridized carbons (Fsp3) is 0.286. The van der Waals surface area contributed by atoms with Crippen molar-refractivity contribution in [3.63, 3.8) is 0 Å². The van der Waals surface area contributed by atoms with Crippen molar-refractivity contribution in [2.45, 2.75) is 30.1 Å². The van der Waals surface area contributed by atoms with Gasteiger partial charge in [0.15, 0.2) is 0 Å². The molecule has 3 nitrogen and oxygen atoms in total. The zero-order valence-corrected chi connectivity index (χ0v) is 23.9. The van der Waals surface area contributed by atoms with Crippen molar-refractivity contribution in [1.82, 2.24) is 0 Å². The minimum Gasteiger partial charge on any atom is -1.00 e. The van der Waals surface area contributed by atoms with E-state index in [0.29, 0.717) is 0 Å². The molecule has 0 unspecified atom stereocenters. The number of halogens is 1. The van der Waals surface area contributed by atoms with Gasteiger partial charge in [0.1, 0.15) is 0 Å². The van der Waals surface area contributed by atoms with E-state index in [-0.39, 0.29) is 24.0 Å². The number of aliphatic imine (C=N–C) groups is 2. The van der Waals surface area contributed by atoms with Gasteiger partial charge in [0.2, 0.25) is 0 Å². The Kier molecular flexibility index (Phi) is 10.2. The van der Waals surface area contributed by atoms with Gasteiger partial charge in [0.25, 0.3) is 0 Å². The van der Waals surface area contributed by atoms with E-state index in [4.69, 9.17) is 9.98 Å². The standard InChI is InChI=1S/C28H32N3S2.HI/c1-4-31(3,5-2)18-19-32-28-21-27(29-25-16-9-10-17-26(25)30-28)22-12-11-15-24(20-22)33-23-13-7-6-8-14-23;/h6-17,20H,4-5,18-19,21H2,1-3H3;1H/q+1;/p-1. The maximum absolute atomic E-state index is 5.07. The number of thioether (sulfide) groups is 1. The van der Waals surface area contributed by atoms with Gasteiger partial charge in [-0.05, 0) is 55.8 Å². The van der Waals surface area contributed by atoms with Crippen molar-refractivity contribution < 1.29 is 28.5 Å². The van der Waals surface area contributed by atoms with Crippen LogP contribution < -0.4 is 24.0 Å². The second kappa shape index (κ2) is 12.9. The van der Waals surface area contributed by atoms with E-state index in [2.05, 4.69) is 87.6 Å². The van der Waals surface area contributed by atoms with Crippen molar-refractivity contribution in [2.24, 2.45) is 9.98 Å². The fourth-order valence-electron chi connectivity index (χ4n) is 3.69. The van der Waals surface area contributed by atoms with E-state index in [1.165, 1.54) is 15.4 Å². The summed E-state index contributed by atoms with van der Waals surface area (Å²) in [5, 5.41) is 1.15. The first kappa shape index (κ1) is 27.0. The summed E-state index contributed by atoms with van der Waals surface area (Å²) < 4.78 is 1.09. The number of nitrogens with zero attached hydrogens (tertiary/aromatic N) is 3. The average molecular weight is 602 g/mol. The molecule has 0 N–H and O–H groups in total. The lowest BCUT2D eigenvalue weighted by Gasteiger charge is -2.31. The number of para-hydroxylation sites is 2. The van der Waals surface area contributed by atoms with Gasteiger partial charge < -0.3 is 28.5 Å². The molecule has 0 spiro atoms. The predicted octanol–water partition coefficient (Wildman–Crippen LogP) is 4.62. The molecular weight excluding hydrogens is 569 g/mol. The first-order valence-electron chi connectivity index (χ1n) is 11.6. The Labute approximate surface area is 229 Å².